The monoisotopic (exact) mass is 696 g/mol. The molecule has 1 fully saturated rings. The molecule has 1 spiro atoms. The van der Waals surface area contributed by atoms with Crippen molar-refractivity contribution in [2.75, 3.05) is 11.5 Å². The van der Waals surface area contributed by atoms with Crippen LogP contribution in [0, 0.1) is 9.49 Å². The van der Waals surface area contributed by atoms with E-state index < -0.39 is 20.0 Å². The zero-order valence-corrected chi connectivity index (χ0v) is 27.3. The third-order valence-corrected chi connectivity index (χ3v) is 12.6. The van der Waals surface area contributed by atoms with Gasteiger partial charge in [-0.1, -0.05) is 61.5 Å². The van der Waals surface area contributed by atoms with Gasteiger partial charge in [0.15, 0.2) is 13.9 Å². The zero-order chi connectivity index (χ0) is 29.8. The van der Waals surface area contributed by atoms with Gasteiger partial charge in [-0.3, -0.25) is 9.59 Å². The van der Waals surface area contributed by atoms with E-state index in [1.165, 1.54) is 0 Å². The van der Waals surface area contributed by atoms with Gasteiger partial charge in [-0.15, -0.1) is 0 Å². The van der Waals surface area contributed by atoms with Crippen LogP contribution in [-0.2, 0) is 39.4 Å². The number of benzene rings is 3. The number of carbonyl (C=O) groups excluding carboxylic acids is 2. The van der Waals surface area contributed by atoms with E-state index in [9.17, 15) is 19.5 Å². The van der Waals surface area contributed by atoms with E-state index in [0.717, 1.165) is 31.5 Å². The number of amides is 2. The predicted molar refractivity (Wildman–Crippen MR) is 172 cm³/mol. The summed E-state index contributed by atoms with van der Waals surface area (Å²) in [6.45, 7) is 6.44. The molecular weight excluding hydrogens is 659 g/mol. The van der Waals surface area contributed by atoms with Crippen LogP contribution >= 0.6 is 22.6 Å². The summed E-state index contributed by atoms with van der Waals surface area (Å²) in [6, 6.07) is 23.6. The number of rotatable bonds is 6. The van der Waals surface area contributed by atoms with Gasteiger partial charge in [0, 0.05) is 27.1 Å². The van der Waals surface area contributed by atoms with Crippen LogP contribution in [0.3, 0.4) is 0 Å². The number of hydrogen-bond donors (Lipinski definition) is 2. The van der Waals surface area contributed by atoms with Crippen LogP contribution in [0.2, 0.25) is 18.6 Å². The third-order valence-electron chi connectivity index (χ3n) is 9.41. The molecule has 7 nitrogen and oxygen atoms in total. The van der Waals surface area contributed by atoms with E-state index in [-0.39, 0.29) is 42.3 Å². The lowest BCUT2D eigenvalue weighted by Gasteiger charge is -2.37. The molecule has 220 valence electrons. The van der Waals surface area contributed by atoms with Crippen LogP contribution < -0.4 is 4.90 Å². The Balaban J connectivity index is 1.33. The summed E-state index contributed by atoms with van der Waals surface area (Å²) in [6.07, 6.45) is -0.00215. The van der Waals surface area contributed by atoms with Gasteiger partial charge in [0.2, 0.25) is 5.91 Å². The van der Waals surface area contributed by atoms with E-state index in [0.29, 0.717) is 19.5 Å². The van der Waals surface area contributed by atoms with Crippen molar-refractivity contribution in [1.82, 2.24) is 4.90 Å². The summed E-state index contributed by atoms with van der Waals surface area (Å²) in [4.78, 5) is 43.6. The second kappa shape index (κ2) is 11.2. The summed E-state index contributed by atoms with van der Waals surface area (Å²) in [5, 5.41) is 10.2. The van der Waals surface area contributed by atoms with Crippen molar-refractivity contribution in [2.24, 2.45) is 5.92 Å². The van der Waals surface area contributed by atoms with E-state index in [2.05, 4.69) is 22.6 Å². The number of nitrogens with zero attached hydrogens (tertiary/aromatic N) is 2. The first-order valence-corrected chi connectivity index (χ1v) is 18.7. The molecule has 6 rings (SSSR count). The number of fused-ring (bicyclic) bond motifs is 3. The Hall–Kier alpha value is -2.57. The minimum Gasteiger partial charge on any atom is -0.432 e. The summed E-state index contributed by atoms with van der Waals surface area (Å²) < 4.78 is 7.98. The fraction of sp³-hybridized carbons (Fsp3) is 0.394. The van der Waals surface area contributed by atoms with Crippen molar-refractivity contribution in [3.8, 4) is 0 Å². The molecule has 3 aromatic carbocycles. The SMILES string of the molecule is C[C@H]1[C@H]([Si](C)(C)O)[C@@H](CC(=O)N2Cc3ccccc3C[C@H]2CO)O[C@]12C(=O)N(Cc1ccc(I)cc1)c1ccccc12. The fourth-order valence-electron chi connectivity index (χ4n) is 7.49. The van der Waals surface area contributed by atoms with Crippen LogP contribution in [0.25, 0.3) is 0 Å². The Morgan fingerprint density at radius 2 is 1.71 bits per heavy atom. The third kappa shape index (κ3) is 4.92. The fourth-order valence-corrected chi connectivity index (χ4v) is 10.4. The van der Waals surface area contributed by atoms with Crippen molar-refractivity contribution in [2.45, 2.75) is 69.2 Å². The van der Waals surface area contributed by atoms with Gasteiger partial charge in [-0.2, -0.15) is 0 Å². The molecule has 2 amide bonds. The molecule has 3 aliphatic rings. The maximum atomic E-state index is 14.5. The Labute approximate surface area is 261 Å². The first-order valence-electron chi connectivity index (χ1n) is 14.6. The lowest BCUT2D eigenvalue weighted by Crippen LogP contribution is -2.48. The quantitative estimate of drug-likeness (QED) is 0.281. The number of aliphatic hydroxyl groups excluding tert-OH is 1. The summed E-state index contributed by atoms with van der Waals surface area (Å²) in [5.41, 5.74) is 3.21. The van der Waals surface area contributed by atoms with E-state index in [4.69, 9.17) is 4.74 Å². The molecule has 0 aliphatic carbocycles. The van der Waals surface area contributed by atoms with Gasteiger partial charge < -0.3 is 24.4 Å². The average molecular weight is 697 g/mol. The molecule has 42 heavy (non-hydrogen) atoms. The van der Waals surface area contributed by atoms with Crippen molar-refractivity contribution < 1.29 is 24.2 Å². The van der Waals surface area contributed by atoms with Crippen molar-refractivity contribution in [3.63, 3.8) is 0 Å². The molecule has 1 saturated heterocycles. The normalized spacial score (nSPS) is 27.0. The van der Waals surface area contributed by atoms with Crippen molar-refractivity contribution in [1.29, 1.82) is 0 Å². The topological polar surface area (TPSA) is 90.3 Å². The highest BCUT2D eigenvalue weighted by molar-refractivity contribution is 14.1. The summed E-state index contributed by atoms with van der Waals surface area (Å²) >= 11 is 2.27. The largest absolute Gasteiger partial charge is 0.432 e. The Kier molecular flexibility index (Phi) is 7.84. The molecule has 0 saturated carbocycles. The van der Waals surface area contributed by atoms with Gasteiger partial charge in [0.25, 0.3) is 5.91 Å². The molecule has 3 aliphatic heterocycles. The van der Waals surface area contributed by atoms with Crippen molar-refractivity contribution in [3.05, 3.63) is 98.6 Å². The average Bonchev–Trinajstić information content (AvgIpc) is 3.39. The molecule has 3 heterocycles. The smallest absolute Gasteiger partial charge is 0.264 e. The first-order chi connectivity index (χ1) is 20.0. The van der Waals surface area contributed by atoms with Gasteiger partial charge in [0.05, 0.1) is 37.4 Å². The van der Waals surface area contributed by atoms with Gasteiger partial charge in [-0.25, -0.2) is 0 Å². The van der Waals surface area contributed by atoms with E-state index in [1.807, 2.05) is 92.8 Å². The Morgan fingerprint density at radius 1 is 1.05 bits per heavy atom. The molecule has 2 N–H and O–H groups in total. The molecule has 0 aromatic heterocycles. The minimum atomic E-state index is -2.91. The number of para-hydroxylation sites is 1. The van der Waals surface area contributed by atoms with Crippen LogP contribution in [0.5, 0.6) is 0 Å². The molecule has 5 atom stereocenters. The Morgan fingerprint density at radius 3 is 2.40 bits per heavy atom. The lowest BCUT2D eigenvalue weighted by molar-refractivity contribution is -0.151. The molecule has 0 bridgehead atoms. The van der Waals surface area contributed by atoms with Crippen LogP contribution in [0.4, 0.5) is 5.69 Å². The summed E-state index contributed by atoms with van der Waals surface area (Å²) in [7, 11) is -2.91. The number of aliphatic hydroxyl groups is 1. The summed E-state index contributed by atoms with van der Waals surface area (Å²) in [5.74, 6) is -0.614. The first kappa shape index (κ1) is 29.5. The maximum absolute atomic E-state index is 14.5. The number of ether oxygens (including phenoxy) is 1. The van der Waals surface area contributed by atoms with E-state index >= 15 is 0 Å². The number of halogens is 1. The predicted octanol–water partition coefficient (Wildman–Crippen LogP) is 4.97. The number of hydrogen-bond acceptors (Lipinski definition) is 5. The van der Waals surface area contributed by atoms with Gasteiger partial charge in [-0.05, 0) is 77.0 Å². The number of anilines is 1. The molecule has 0 radical (unpaired) electrons. The highest BCUT2D eigenvalue weighted by Gasteiger charge is 2.66. The molecule has 0 unspecified atom stereocenters. The van der Waals surface area contributed by atoms with Gasteiger partial charge in [0.1, 0.15) is 0 Å². The van der Waals surface area contributed by atoms with Crippen LogP contribution in [-0.4, -0.2) is 53.7 Å². The van der Waals surface area contributed by atoms with Crippen molar-refractivity contribution >= 4 is 48.4 Å². The molecular formula is C33H37IN2O5Si. The molecule has 3 aromatic rings. The molecule has 9 heteroatoms. The zero-order valence-electron chi connectivity index (χ0n) is 24.2. The Bertz CT molecular complexity index is 1510. The highest BCUT2D eigenvalue weighted by atomic mass is 127. The maximum Gasteiger partial charge on any atom is 0.264 e. The minimum absolute atomic E-state index is 0.0407. The second-order valence-corrected chi connectivity index (χ2v) is 17.6. The van der Waals surface area contributed by atoms with E-state index in [1.54, 1.807) is 9.80 Å². The standard InChI is InChI=1S/C33H37IN2O5Si/c1-21-31(42(2,3)40)29(17-30(38)35-19-24-9-5-4-8-23(24)16-26(35)20-37)41-33(21)27-10-6-7-11-28(27)36(32(33)39)18-22-12-14-25(34)15-13-22/h4-15,21,26,29,31,37,40H,16-20H2,1-3H3/t21-,26-,29+,31-,33+/m0/s1. The van der Waals surface area contributed by atoms with Crippen LogP contribution in [0.15, 0.2) is 72.8 Å². The lowest BCUT2D eigenvalue weighted by atomic mass is 9.82. The second-order valence-electron chi connectivity index (χ2n) is 12.4. The van der Waals surface area contributed by atoms with Crippen LogP contribution in [0.1, 0.15) is 35.6 Å². The van der Waals surface area contributed by atoms with Gasteiger partial charge >= 0.3 is 0 Å². The number of carbonyl (C=O) groups is 2. The highest BCUT2D eigenvalue weighted by Crippen LogP contribution is 2.59.